The molecule has 2 rings (SSSR count). The number of anilines is 1. The summed E-state index contributed by atoms with van der Waals surface area (Å²) in [5, 5.41) is 3.28. The number of methoxy groups -OCH3 is 1. The van der Waals surface area contributed by atoms with Gasteiger partial charge >= 0.3 is 0 Å². The fourth-order valence-electron chi connectivity index (χ4n) is 2.77. The highest BCUT2D eigenvalue weighted by Gasteiger charge is 2.31. The van der Waals surface area contributed by atoms with E-state index < -0.39 is 21.5 Å². The third-order valence-electron chi connectivity index (χ3n) is 4.50. The number of halogens is 1. The third kappa shape index (κ3) is 5.44. The average Bonchev–Trinajstić information content (AvgIpc) is 2.70. The van der Waals surface area contributed by atoms with E-state index in [0.29, 0.717) is 29.6 Å². The number of rotatable bonds is 9. The molecule has 0 aliphatic carbocycles. The summed E-state index contributed by atoms with van der Waals surface area (Å²) in [6.07, 6.45) is 0. The van der Waals surface area contributed by atoms with Crippen LogP contribution in [-0.2, 0) is 14.8 Å². The predicted molar refractivity (Wildman–Crippen MR) is 118 cm³/mol. The van der Waals surface area contributed by atoms with Gasteiger partial charge in [0.1, 0.15) is 11.5 Å². The van der Waals surface area contributed by atoms with Crippen LogP contribution in [0, 0.1) is 0 Å². The molecule has 0 unspecified atom stereocenters. The summed E-state index contributed by atoms with van der Waals surface area (Å²) in [6, 6.07) is 11.0. The van der Waals surface area contributed by atoms with E-state index in [2.05, 4.69) is 5.32 Å². The summed E-state index contributed by atoms with van der Waals surface area (Å²) < 4.78 is 38.1. The van der Waals surface area contributed by atoms with Crippen LogP contribution < -0.4 is 14.8 Å². The molecular weight excluding hydrogens is 428 g/mol. The minimum absolute atomic E-state index is 0.0683. The van der Waals surface area contributed by atoms with E-state index in [1.807, 2.05) is 0 Å². The second-order valence-electron chi connectivity index (χ2n) is 6.97. The maximum absolute atomic E-state index is 12.9. The largest absolute Gasteiger partial charge is 0.495 e. The highest BCUT2D eigenvalue weighted by molar-refractivity contribution is 7.89. The minimum atomic E-state index is -3.69. The summed E-state index contributed by atoms with van der Waals surface area (Å²) in [7, 11) is -2.25. The Morgan fingerprint density at radius 3 is 2.23 bits per heavy atom. The normalized spacial score (nSPS) is 12.0. The van der Waals surface area contributed by atoms with Gasteiger partial charge < -0.3 is 14.8 Å². The zero-order valence-electron chi connectivity index (χ0n) is 17.7. The van der Waals surface area contributed by atoms with Crippen LogP contribution in [0.3, 0.4) is 0 Å². The first-order chi connectivity index (χ1) is 14.0. The smallest absolute Gasteiger partial charge is 0.268 e. The molecule has 1 N–H and O–H groups in total. The Kier molecular flexibility index (Phi) is 7.74. The monoisotopic (exact) mass is 454 g/mol. The van der Waals surface area contributed by atoms with Crippen LogP contribution in [0.5, 0.6) is 11.5 Å². The second-order valence-corrected chi connectivity index (χ2v) is 9.35. The van der Waals surface area contributed by atoms with Gasteiger partial charge in [0.25, 0.3) is 5.91 Å². The highest BCUT2D eigenvalue weighted by Crippen LogP contribution is 2.30. The first-order valence-electron chi connectivity index (χ1n) is 9.49. The van der Waals surface area contributed by atoms with E-state index in [9.17, 15) is 13.2 Å². The van der Waals surface area contributed by atoms with Gasteiger partial charge in [-0.2, -0.15) is 4.31 Å². The van der Waals surface area contributed by atoms with Crippen LogP contribution >= 0.6 is 11.6 Å². The number of carbonyl (C=O) groups excluding carboxylic acids is 1. The molecule has 0 heterocycles. The Hall–Kier alpha value is -2.29. The molecule has 30 heavy (non-hydrogen) atoms. The van der Waals surface area contributed by atoms with Crippen molar-refractivity contribution in [3.8, 4) is 11.5 Å². The molecule has 7 nitrogen and oxygen atoms in total. The standard InChI is InChI=1S/C21H27ClN2O5S/c1-6-24(7-2)30(26,27)17-12-13-19(28-5)18(14-17)23-20(25)21(3,4)29-16-10-8-15(22)9-11-16/h8-14H,6-7H2,1-5H3,(H,23,25). The molecule has 0 fully saturated rings. The maximum atomic E-state index is 12.9. The number of amides is 1. The van der Waals surface area contributed by atoms with Gasteiger partial charge in [-0.15, -0.1) is 0 Å². The molecule has 2 aromatic carbocycles. The molecule has 1 amide bonds. The molecule has 164 valence electrons. The van der Waals surface area contributed by atoms with Crippen LogP contribution in [-0.4, -0.2) is 44.4 Å². The number of ether oxygens (including phenoxy) is 2. The van der Waals surface area contributed by atoms with Gasteiger partial charge in [-0.1, -0.05) is 25.4 Å². The molecule has 0 saturated heterocycles. The number of nitrogens with one attached hydrogen (secondary N) is 1. The molecule has 0 radical (unpaired) electrons. The van der Waals surface area contributed by atoms with E-state index in [1.54, 1.807) is 52.0 Å². The van der Waals surface area contributed by atoms with Crippen molar-refractivity contribution in [1.29, 1.82) is 0 Å². The van der Waals surface area contributed by atoms with Crippen molar-refractivity contribution in [2.45, 2.75) is 38.2 Å². The van der Waals surface area contributed by atoms with Crippen molar-refractivity contribution >= 4 is 33.2 Å². The van der Waals surface area contributed by atoms with Crippen LogP contribution in [0.15, 0.2) is 47.4 Å². The van der Waals surface area contributed by atoms with Crippen LogP contribution in [0.1, 0.15) is 27.7 Å². The Labute approximate surface area is 183 Å². The predicted octanol–water partition coefficient (Wildman–Crippen LogP) is 4.18. The molecule has 0 spiro atoms. The van der Waals surface area contributed by atoms with Crippen molar-refractivity contribution in [1.82, 2.24) is 4.31 Å². The minimum Gasteiger partial charge on any atom is -0.495 e. The molecule has 9 heteroatoms. The SMILES string of the molecule is CCN(CC)S(=O)(=O)c1ccc(OC)c(NC(=O)C(C)(C)Oc2ccc(Cl)cc2)c1. The van der Waals surface area contributed by atoms with E-state index in [4.69, 9.17) is 21.1 Å². The Morgan fingerprint density at radius 1 is 1.10 bits per heavy atom. The van der Waals surface area contributed by atoms with Crippen LogP contribution in [0.4, 0.5) is 5.69 Å². The fourth-order valence-corrected chi connectivity index (χ4v) is 4.39. The number of benzene rings is 2. The molecular formula is C21H27ClN2O5S. The number of nitrogens with zero attached hydrogens (tertiary/aromatic N) is 1. The average molecular weight is 455 g/mol. The van der Waals surface area contributed by atoms with Gasteiger partial charge in [0.2, 0.25) is 10.0 Å². The van der Waals surface area contributed by atoms with E-state index in [0.717, 1.165) is 0 Å². The third-order valence-corrected chi connectivity index (χ3v) is 6.79. The lowest BCUT2D eigenvalue weighted by Crippen LogP contribution is -2.42. The molecule has 0 aromatic heterocycles. The zero-order valence-corrected chi connectivity index (χ0v) is 19.3. The Morgan fingerprint density at radius 2 is 1.70 bits per heavy atom. The van der Waals surface area contributed by atoms with Crippen molar-refractivity contribution in [3.05, 3.63) is 47.5 Å². The maximum Gasteiger partial charge on any atom is 0.268 e. The zero-order chi connectivity index (χ0) is 22.5. The van der Waals surface area contributed by atoms with Gasteiger partial charge in [0, 0.05) is 18.1 Å². The van der Waals surface area contributed by atoms with Gasteiger partial charge in [-0.05, 0) is 56.3 Å². The highest BCUT2D eigenvalue weighted by atomic mass is 35.5. The molecule has 0 bridgehead atoms. The number of carbonyl (C=O) groups is 1. The number of sulfonamides is 1. The van der Waals surface area contributed by atoms with Crippen LogP contribution in [0.25, 0.3) is 0 Å². The Balaban J connectivity index is 2.31. The summed E-state index contributed by atoms with van der Waals surface area (Å²) in [4.78, 5) is 13.0. The van der Waals surface area contributed by atoms with Crippen molar-refractivity contribution in [2.75, 3.05) is 25.5 Å². The first kappa shape index (κ1) is 24.0. The molecule has 2 aromatic rings. The van der Waals surface area contributed by atoms with Gasteiger partial charge in [-0.3, -0.25) is 4.79 Å². The summed E-state index contributed by atoms with van der Waals surface area (Å²) in [6.45, 7) is 7.44. The lowest BCUT2D eigenvalue weighted by atomic mass is 10.1. The van der Waals surface area contributed by atoms with Crippen molar-refractivity contribution < 1.29 is 22.7 Å². The molecule has 0 atom stereocenters. The van der Waals surface area contributed by atoms with Crippen molar-refractivity contribution in [2.24, 2.45) is 0 Å². The van der Waals surface area contributed by atoms with Crippen molar-refractivity contribution in [3.63, 3.8) is 0 Å². The van der Waals surface area contributed by atoms with Gasteiger partial charge in [0.15, 0.2) is 5.60 Å². The van der Waals surface area contributed by atoms with Crippen LogP contribution in [0.2, 0.25) is 5.02 Å². The summed E-state index contributed by atoms with van der Waals surface area (Å²) >= 11 is 5.88. The lowest BCUT2D eigenvalue weighted by Gasteiger charge is -2.26. The number of hydrogen-bond donors (Lipinski definition) is 1. The summed E-state index contributed by atoms with van der Waals surface area (Å²) in [5.74, 6) is 0.349. The van der Waals surface area contributed by atoms with Gasteiger partial charge in [0.05, 0.1) is 17.7 Å². The molecule has 0 saturated carbocycles. The van der Waals surface area contributed by atoms with E-state index in [-0.39, 0.29) is 10.6 Å². The van der Waals surface area contributed by atoms with E-state index >= 15 is 0 Å². The Bertz CT molecular complexity index is 987. The molecule has 0 aliphatic heterocycles. The quantitative estimate of drug-likeness (QED) is 0.614. The van der Waals surface area contributed by atoms with E-state index in [1.165, 1.54) is 29.6 Å². The molecule has 0 aliphatic rings. The van der Waals surface area contributed by atoms with Gasteiger partial charge in [-0.25, -0.2) is 8.42 Å². The fraction of sp³-hybridized carbons (Fsp3) is 0.381. The second kappa shape index (κ2) is 9.68. The summed E-state index contributed by atoms with van der Waals surface area (Å²) in [5.41, 5.74) is -1.00. The first-order valence-corrected chi connectivity index (χ1v) is 11.3. The lowest BCUT2D eigenvalue weighted by molar-refractivity contribution is -0.128. The topological polar surface area (TPSA) is 84.9 Å². The number of hydrogen-bond acceptors (Lipinski definition) is 5.